The topological polar surface area (TPSA) is 163 Å². The van der Waals surface area contributed by atoms with Crippen molar-refractivity contribution >= 4 is 39.5 Å². The molecular formula is C26H28N4O7S. The molecule has 0 aliphatic heterocycles. The molecule has 0 aliphatic rings. The van der Waals surface area contributed by atoms with Gasteiger partial charge in [0.2, 0.25) is 0 Å². The number of ether oxygens (including phenoxy) is 1. The molecule has 0 fully saturated rings. The van der Waals surface area contributed by atoms with Crippen LogP contribution in [0.3, 0.4) is 0 Å². The van der Waals surface area contributed by atoms with Crippen LogP contribution < -0.4 is 20.7 Å². The number of anilines is 2. The molecule has 3 aromatic carbocycles. The number of carboxylic acids is 1. The maximum absolute atomic E-state index is 13.0. The first-order chi connectivity index (χ1) is 18.2. The summed E-state index contributed by atoms with van der Waals surface area (Å²) in [5.41, 5.74) is 1.56. The molecule has 0 heterocycles. The summed E-state index contributed by atoms with van der Waals surface area (Å²) in [6.45, 7) is 2.16. The smallest absolute Gasteiger partial charge is 0.407 e. The Hall–Kier alpha value is -4.58. The van der Waals surface area contributed by atoms with Gasteiger partial charge in [0.05, 0.1) is 17.4 Å². The van der Waals surface area contributed by atoms with Crippen LogP contribution in [0.5, 0.6) is 0 Å². The predicted molar refractivity (Wildman–Crippen MR) is 141 cm³/mol. The number of hydrogen-bond acceptors (Lipinski definition) is 6. The lowest BCUT2D eigenvalue weighted by Gasteiger charge is -2.18. The van der Waals surface area contributed by atoms with Crippen molar-refractivity contribution in [1.29, 1.82) is 0 Å². The fourth-order valence-electron chi connectivity index (χ4n) is 3.44. The number of aliphatic carboxylic acids is 1. The zero-order chi connectivity index (χ0) is 27.5. The summed E-state index contributed by atoms with van der Waals surface area (Å²) < 4.78 is 33.6. The van der Waals surface area contributed by atoms with E-state index in [2.05, 4.69) is 20.7 Å². The summed E-state index contributed by atoms with van der Waals surface area (Å²) in [4.78, 5) is 35.5. The van der Waals surface area contributed by atoms with Crippen molar-refractivity contribution < 1.29 is 32.6 Å². The van der Waals surface area contributed by atoms with Crippen molar-refractivity contribution in [3.8, 4) is 0 Å². The van der Waals surface area contributed by atoms with Gasteiger partial charge in [0.15, 0.2) is 0 Å². The second-order valence-electron chi connectivity index (χ2n) is 8.10. The molecular weight excluding hydrogens is 512 g/mol. The lowest BCUT2D eigenvalue weighted by molar-refractivity contribution is -0.137. The molecule has 11 nitrogen and oxygen atoms in total. The van der Waals surface area contributed by atoms with Gasteiger partial charge in [-0.25, -0.2) is 18.0 Å². The van der Waals surface area contributed by atoms with Gasteiger partial charge in [-0.3, -0.25) is 9.52 Å². The second-order valence-corrected chi connectivity index (χ2v) is 9.78. The van der Waals surface area contributed by atoms with Crippen LogP contribution >= 0.6 is 0 Å². The molecule has 0 aromatic heterocycles. The minimum Gasteiger partial charge on any atom is -0.481 e. The van der Waals surface area contributed by atoms with Gasteiger partial charge in [0.25, 0.3) is 10.0 Å². The molecule has 0 bridgehead atoms. The Morgan fingerprint density at radius 2 is 1.63 bits per heavy atom. The summed E-state index contributed by atoms with van der Waals surface area (Å²) in [6.07, 6.45) is -1.27. The molecule has 3 amide bonds. The van der Waals surface area contributed by atoms with Gasteiger partial charge in [-0.05, 0) is 48.4 Å². The first kappa shape index (κ1) is 28.0. The second kappa shape index (κ2) is 13.1. The Balaban J connectivity index is 1.73. The average Bonchev–Trinajstić information content (AvgIpc) is 2.88. The van der Waals surface area contributed by atoms with Crippen LogP contribution in [0.4, 0.5) is 21.0 Å². The van der Waals surface area contributed by atoms with E-state index in [0.29, 0.717) is 12.1 Å². The number of nitrogens with one attached hydrogen (secondary N) is 4. The predicted octanol–water partition coefficient (Wildman–Crippen LogP) is 4.07. The normalized spacial score (nSPS) is 11.6. The monoisotopic (exact) mass is 540 g/mol. The molecule has 0 saturated carbocycles. The van der Waals surface area contributed by atoms with E-state index in [1.807, 2.05) is 6.07 Å². The van der Waals surface area contributed by atoms with Gasteiger partial charge in [-0.2, -0.15) is 0 Å². The number of carboxylic acid groups (broad SMARTS) is 1. The number of urea groups is 1. The first-order valence-electron chi connectivity index (χ1n) is 11.6. The standard InChI is InChI=1S/C26H28N4O7S/c1-2-27-25(33)28-20-11-7-13-22(15-20)38(35,36)30-21-12-6-10-19(14-21)23(16-24(31)32)29-26(34)37-17-18-8-4-3-5-9-18/h3-15,23,30H,2,16-17H2,1H3,(H,29,34)(H,31,32)(H2,27,28,33). The molecule has 12 heteroatoms. The SMILES string of the molecule is CCNC(=O)Nc1cccc(S(=O)(=O)Nc2cccc(C(CC(=O)O)NC(=O)OCc3ccccc3)c2)c1. The number of alkyl carbamates (subject to hydrolysis) is 1. The van der Waals surface area contributed by atoms with E-state index < -0.39 is 40.6 Å². The number of rotatable bonds is 11. The third kappa shape index (κ3) is 8.52. The van der Waals surface area contributed by atoms with Crippen molar-refractivity contribution in [1.82, 2.24) is 10.6 Å². The third-order valence-corrected chi connectivity index (χ3v) is 6.54. The molecule has 3 rings (SSSR count). The summed E-state index contributed by atoms with van der Waals surface area (Å²) in [7, 11) is -4.06. The molecule has 5 N–H and O–H groups in total. The zero-order valence-electron chi connectivity index (χ0n) is 20.5. The van der Waals surface area contributed by atoms with Crippen LogP contribution in [0.1, 0.15) is 30.5 Å². The third-order valence-electron chi connectivity index (χ3n) is 5.16. The molecule has 38 heavy (non-hydrogen) atoms. The van der Waals surface area contributed by atoms with E-state index >= 15 is 0 Å². The van der Waals surface area contributed by atoms with Gasteiger partial charge >= 0.3 is 18.1 Å². The van der Waals surface area contributed by atoms with Gasteiger partial charge in [-0.15, -0.1) is 0 Å². The van der Waals surface area contributed by atoms with Crippen molar-refractivity contribution in [3.63, 3.8) is 0 Å². The van der Waals surface area contributed by atoms with Crippen molar-refractivity contribution in [2.24, 2.45) is 0 Å². The minimum absolute atomic E-state index is 0.000326. The number of carbonyl (C=O) groups excluding carboxylic acids is 2. The fraction of sp³-hybridized carbons (Fsp3) is 0.192. The number of amides is 3. The maximum Gasteiger partial charge on any atom is 0.407 e. The molecule has 0 saturated heterocycles. The highest BCUT2D eigenvalue weighted by atomic mass is 32.2. The summed E-state index contributed by atoms with van der Waals surface area (Å²) in [5.74, 6) is -1.17. The molecule has 0 aliphatic carbocycles. The summed E-state index contributed by atoms with van der Waals surface area (Å²) in [5, 5.41) is 17.0. The van der Waals surface area contributed by atoms with Gasteiger partial charge in [0.1, 0.15) is 6.61 Å². The molecule has 200 valence electrons. The Bertz CT molecular complexity index is 1380. The molecule has 3 aromatic rings. The number of hydrogen-bond donors (Lipinski definition) is 5. The molecule has 0 spiro atoms. The van der Waals surface area contributed by atoms with Crippen LogP contribution in [0.2, 0.25) is 0 Å². The number of benzene rings is 3. The van der Waals surface area contributed by atoms with Crippen LogP contribution in [0, 0.1) is 0 Å². The van der Waals surface area contributed by atoms with Crippen LogP contribution in [-0.4, -0.2) is 38.2 Å². The van der Waals surface area contributed by atoms with E-state index in [1.54, 1.807) is 43.3 Å². The van der Waals surface area contributed by atoms with E-state index in [1.165, 1.54) is 36.4 Å². The van der Waals surface area contributed by atoms with Crippen LogP contribution in [0.25, 0.3) is 0 Å². The van der Waals surface area contributed by atoms with Crippen molar-refractivity contribution in [2.45, 2.75) is 30.9 Å². The van der Waals surface area contributed by atoms with E-state index in [4.69, 9.17) is 4.74 Å². The van der Waals surface area contributed by atoms with Gasteiger partial charge < -0.3 is 25.8 Å². The average molecular weight is 541 g/mol. The Morgan fingerprint density at radius 1 is 0.921 bits per heavy atom. The number of sulfonamides is 1. The largest absolute Gasteiger partial charge is 0.481 e. The molecule has 0 radical (unpaired) electrons. The fourth-order valence-corrected chi connectivity index (χ4v) is 4.54. The molecule has 1 unspecified atom stereocenters. The highest BCUT2D eigenvalue weighted by molar-refractivity contribution is 7.92. The highest BCUT2D eigenvalue weighted by Crippen LogP contribution is 2.24. The van der Waals surface area contributed by atoms with E-state index in [9.17, 15) is 27.9 Å². The van der Waals surface area contributed by atoms with Gasteiger partial charge in [0, 0.05) is 17.9 Å². The van der Waals surface area contributed by atoms with Gasteiger partial charge in [-0.1, -0.05) is 48.5 Å². The Kier molecular flexibility index (Phi) is 9.66. The van der Waals surface area contributed by atoms with Crippen molar-refractivity contribution in [3.05, 3.63) is 90.0 Å². The van der Waals surface area contributed by atoms with E-state index in [0.717, 1.165) is 5.56 Å². The lowest BCUT2D eigenvalue weighted by atomic mass is 10.0. The number of carbonyl (C=O) groups is 3. The quantitative estimate of drug-likeness (QED) is 0.245. The van der Waals surface area contributed by atoms with Crippen LogP contribution in [-0.2, 0) is 26.2 Å². The Morgan fingerprint density at radius 3 is 2.34 bits per heavy atom. The van der Waals surface area contributed by atoms with E-state index in [-0.39, 0.29) is 22.9 Å². The summed E-state index contributed by atoms with van der Waals surface area (Å²) >= 11 is 0. The Labute approximate surface area is 220 Å². The zero-order valence-corrected chi connectivity index (χ0v) is 21.3. The molecule has 1 atom stereocenters. The lowest BCUT2D eigenvalue weighted by Crippen LogP contribution is -2.30. The summed E-state index contributed by atoms with van der Waals surface area (Å²) in [6, 6.07) is 19.3. The van der Waals surface area contributed by atoms with Crippen LogP contribution in [0.15, 0.2) is 83.8 Å². The van der Waals surface area contributed by atoms with Crippen molar-refractivity contribution in [2.75, 3.05) is 16.6 Å². The maximum atomic E-state index is 13.0. The minimum atomic E-state index is -4.06. The first-order valence-corrected chi connectivity index (χ1v) is 13.1. The highest BCUT2D eigenvalue weighted by Gasteiger charge is 2.21.